The van der Waals surface area contributed by atoms with Crippen LogP contribution in [0.2, 0.25) is 0 Å². The van der Waals surface area contributed by atoms with Gasteiger partial charge in [-0.05, 0) is 38.1 Å². The van der Waals surface area contributed by atoms with Crippen molar-refractivity contribution < 1.29 is 4.42 Å². The van der Waals surface area contributed by atoms with Crippen molar-refractivity contribution in [3.8, 4) is 0 Å². The zero-order valence-electron chi connectivity index (χ0n) is 16.8. The summed E-state index contributed by atoms with van der Waals surface area (Å²) in [6.07, 6.45) is 8.24. The molecule has 2 N–H and O–H groups in total. The van der Waals surface area contributed by atoms with E-state index < -0.39 is 0 Å². The molecule has 8 nitrogen and oxygen atoms in total. The number of likely N-dealkylation sites (tertiary alicyclic amines) is 1. The Morgan fingerprint density at radius 1 is 1.29 bits per heavy atom. The first-order chi connectivity index (χ1) is 13.3. The molecule has 1 fully saturated rings. The Bertz CT molecular complexity index is 695. The minimum atomic E-state index is 0. The molecule has 3 rings (SSSR count). The molecule has 1 saturated heterocycles. The maximum atomic E-state index is 5.71. The molecular weight excluding hydrogens is 469 g/mol. The lowest BCUT2D eigenvalue weighted by Gasteiger charge is -2.33. The predicted molar refractivity (Wildman–Crippen MR) is 121 cm³/mol. The molecule has 1 aliphatic heterocycles. The van der Waals surface area contributed by atoms with Crippen LogP contribution in [0.1, 0.15) is 43.8 Å². The van der Waals surface area contributed by atoms with Crippen LogP contribution in [0.3, 0.4) is 0 Å². The Morgan fingerprint density at radius 3 is 2.79 bits per heavy atom. The molecule has 0 saturated carbocycles. The van der Waals surface area contributed by atoms with E-state index in [0.29, 0.717) is 0 Å². The number of hydrogen-bond donors (Lipinski definition) is 2. The number of aromatic nitrogens is 3. The number of nitrogens with zero attached hydrogens (tertiary/aromatic N) is 5. The van der Waals surface area contributed by atoms with Gasteiger partial charge in [0.15, 0.2) is 5.96 Å². The fourth-order valence-electron chi connectivity index (χ4n) is 3.57. The van der Waals surface area contributed by atoms with Gasteiger partial charge in [-0.25, -0.2) is 0 Å². The second kappa shape index (κ2) is 12.1. The summed E-state index contributed by atoms with van der Waals surface area (Å²) in [6, 6.07) is 4.25. The summed E-state index contributed by atoms with van der Waals surface area (Å²) in [5.41, 5.74) is 0. The van der Waals surface area contributed by atoms with Crippen molar-refractivity contribution >= 4 is 29.9 Å². The summed E-state index contributed by atoms with van der Waals surface area (Å²) in [4.78, 5) is 6.86. The van der Waals surface area contributed by atoms with Gasteiger partial charge in [-0.15, -0.1) is 34.2 Å². The third-order valence-corrected chi connectivity index (χ3v) is 5.05. The molecule has 1 atom stereocenters. The van der Waals surface area contributed by atoms with Crippen LogP contribution in [0.4, 0.5) is 0 Å². The lowest BCUT2D eigenvalue weighted by atomic mass is 10.1. The summed E-state index contributed by atoms with van der Waals surface area (Å²) >= 11 is 0. The maximum absolute atomic E-state index is 5.71. The van der Waals surface area contributed by atoms with Crippen LogP contribution in [0.5, 0.6) is 0 Å². The first-order valence-corrected chi connectivity index (χ1v) is 9.90. The van der Waals surface area contributed by atoms with E-state index >= 15 is 0 Å². The van der Waals surface area contributed by atoms with Crippen molar-refractivity contribution in [3.63, 3.8) is 0 Å². The largest absolute Gasteiger partial charge is 0.468 e. The van der Waals surface area contributed by atoms with Crippen LogP contribution in [0.25, 0.3) is 0 Å². The fraction of sp³-hybridized carbons (Fsp3) is 0.632. The fourth-order valence-corrected chi connectivity index (χ4v) is 3.57. The monoisotopic (exact) mass is 501 g/mol. The minimum Gasteiger partial charge on any atom is -0.468 e. The number of hydrogen-bond acceptors (Lipinski definition) is 5. The Labute approximate surface area is 184 Å². The average Bonchev–Trinajstić information content (AvgIpc) is 3.39. The number of furan rings is 1. The van der Waals surface area contributed by atoms with E-state index in [-0.39, 0.29) is 30.0 Å². The van der Waals surface area contributed by atoms with Crippen molar-refractivity contribution in [3.05, 3.63) is 36.3 Å². The number of rotatable bonds is 8. The molecule has 156 valence electrons. The van der Waals surface area contributed by atoms with Gasteiger partial charge >= 0.3 is 0 Å². The molecule has 0 aliphatic carbocycles. The first kappa shape index (κ1) is 22.7. The van der Waals surface area contributed by atoms with E-state index in [1.54, 1.807) is 19.6 Å². The van der Waals surface area contributed by atoms with Gasteiger partial charge in [-0.1, -0.05) is 13.3 Å². The van der Waals surface area contributed by atoms with Gasteiger partial charge in [0.1, 0.15) is 17.9 Å². The summed E-state index contributed by atoms with van der Waals surface area (Å²) in [5.74, 6) is 2.81. The number of guanidine groups is 1. The third kappa shape index (κ3) is 6.20. The van der Waals surface area contributed by atoms with Crippen molar-refractivity contribution in [1.29, 1.82) is 0 Å². The average molecular weight is 501 g/mol. The van der Waals surface area contributed by atoms with Gasteiger partial charge in [0.25, 0.3) is 0 Å². The van der Waals surface area contributed by atoms with Gasteiger partial charge in [-0.3, -0.25) is 9.89 Å². The Morgan fingerprint density at radius 2 is 2.11 bits per heavy atom. The number of halogens is 1. The van der Waals surface area contributed by atoms with Crippen molar-refractivity contribution in [2.75, 3.05) is 33.2 Å². The van der Waals surface area contributed by atoms with Gasteiger partial charge < -0.3 is 19.6 Å². The molecule has 28 heavy (non-hydrogen) atoms. The zero-order valence-corrected chi connectivity index (χ0v) is 19.1. The van der Waals surface area contributed by atoms with Gasteiger partial charge in [0.2, 0.25) is 0 Å². The van der Waals surface area contributed by atoms with Gasteiger partial charge in [0.05, 0.1) is 12.3 Å². The SMILES string of the molecule is CCc1nncn1CCNC(=NC)NCC(c1ccco1)N1CCCCC1.I. The number of aliphatic imine (C=N–C) groups is 1. The summed E-state index contributed by atoms with van der Waals surface area (Å²) < 4.78 is 7.78. The quantitative estimate of drug-likeness (QED) is 0.329. The Hall–Kier alpha value is -1.62. The highest BCUT2D eigenvalue weighted by molar-refractivity contribution is 14.0. The number of aryl methyl sites for hydroxylation is 1. The molecule has 0 bridgehead atoms. The van der Waals surface area contributed by atoms with Crippen LogP contribution in [0, 0.1) is 0 Å². The van der Waals surface area contributed by atoms with E-state index in [0.717, 1.165) is 56.7 Å². The van der Waals surface area contributed by atoms with Crippen molar-refractivity contribution in [2.24, 2.45) is 4.99 Å². The topological polar surface area (TPSA) is 83.5 Å². The molecule has 0 amide bonds. The van der Waals surface area contributed by atoms with Crippen LogP contribution in [-0.2, 0) is 13.0 Å². The third-order valence-electron chi connectivity index (χ3n) is 5.05. The molecule has 0 aromatic carbocycles. The summed E-state index contributed by atoms with van der Waals surface area (Å²) in [6.45, 7) is 6.66. The van der Waals surface area contributed by atoms with E-state index in [9.17, 15) is 0 Å². The highest BCUT2D eigenvalue weighted by Gasteiger charge is 2.24. The normalized spacial score (nSPS) is 16.4. The zero-order chi connectivity index (χ0) is 18.9. The van der Waals surface area contributed by atoms with Crippen LogP contribution in [-0.4, -0.2) is 58.9 Å². The molecule has 1 aliphatic rings. The second-order valence-corrected chi connectivity index (χ2v) is 6.80. The molecule has 2 aromatic heterocycles. The van der Waals surface area contributed by atoms with E-state index in [2.05, 4.69) is 48.3 Å². The number of piperidine rings is 1. The van der Waals surface area contributed by atoms with E-state index in [1.807, 2.05) is 6.07 Å². The Kier molecular flexibility index (Phi) is 9.76. The smallest absolute Gasteiger partial charge is 0.191 e. The van der Waals surface area contributed by atoms with Crippen LogP contribution in [0.15, 0.2) is 34.1 Å². The van der Waals surface area contributed by atoms with Crippen LogP contribution < -0.4 is 10.6 Å². The Balaban J connectivity index is 0.00000280. The standard InChI is InChI=1S/C19H31N7O.HI/c1-3-18-24-23-15-26(18)12-9-21-19(20-2)22-14-16(17-8-7-13-27-17)25-10-5-4-6-11-25;/h7-8,13,15-16H,3-6,9-12,14H2,1-2H3,(H2,20,21,22);1H. The minimum absolute atomic E-state index is 0. The summed E-state index contributed by atoms with van der Waals surface area (Å²) in [7, 11) is 1.80. The predicted octanol–water partition coefficient (Wildman–Crippen LogP) is 2.44. The van der Waals surface area contributed by atoms with Crippen molar-refractivity contribution in [1.82, 2.24) is 30.3 Å². The van der Waals surface area contributed by atoms with E-state index in [1.165, 1.54) is 19.3 Å². The van der Waals surface area contributed by atoms with E-state index in [4.69, 9.17) is 4.42 Å². The van der Waals surface area contributed by atoms with Gasteiger partial charge in [-0.2, -0.15) is 0 Å². The molecular formula is C19H32IN7O. The molecule has 1 unspecified atom stereocenters. The summed E-state index contributed by atoms with van der Waals surface area (Å²) in [5, 5.41) is 14.9. The number of nitrogens with one attached hydrogen (secondary N) is 2. The first-order valence-electron chi connectivity index (χ1n) is 9.90. The maximum Gasteiger partial charge on any atom is 0.191 e. The highest BCUT2D eigenvalue weighted by Crippen LogP contribution is 2.24. The lowest BCUT2D eigenvalue weighted by molar-refractivity contribution is 0.146. The molecule has 3 heterocycles. The lowest BCUT2D eigenvalue weighted by Crippen LogP contribution is -2.45. The van der Waals surface area contributed by atoms with Gasteiger partial charge in [0, 0.05) is 33.1 Å². The molecule has 9 heteroatoms. The molecule has 2 aromatic rings. The second-order valence-electron chi connectivity index (χ2n) is 6.80. The van der Waals surface area contributed by atoms with Crippen molar-refractivity contribution in [2.45, 2.75) is 45.2 Å². The molecule has 0 spiro atoms. The van der Waals surface area contributed by atoms with Crippen LogP contribution >= 0.6 is 24.0 Å². The highest BCUT2D eigenvalue weighted by atomic mass is 127. The molecule has 0 radical (unpaired) electrons.